The Labute approximate surface area is 93.0 Å². The number of benzene rings is 1. The number of aromatic hydroxyl groups is 1. The van der Waals surface area contributed by atoms with Gasteiger partial charge in [0, 0.05) is 12.7 Å². The van der Waals surface area contributed by atoms with Gasteiger partial charge in [0.25, 0.3) is 0 Å². The lowest BCUT2D eigenvalue weighted by molar-refractivity contribution is -0.117. The number of hydrogen-bond donors (Lipinski definition) is 2. The molecule has 0 aliphatic carbocycles. The average Bonchev–Trinajstić information content (AvgIpc) is 2.23. The molecule has 1 amide bonds. The van der Waals surface area contributed by atoms with Crippen LogP contribution in [-0.4, -0.2) is 24.2 Å². The molecule has 16 heavy (non-hydrogen) atoms. The minimum absolute atomic E-state index is 0.0549. The summed E-state index contributed by atoms with van der Waals surface area (Å²) in [7, 11) is 0. The lowest BCUT2D eigenvalue weighted by Gasteiger charge is -2.06. The first-order valence-electron chi connectivity index (χ1n) is 4.99. The number of rotatable bonds is 5. The second-order valence-electron chi connectivity index (χ2n) is 3.16. The number of ether oxygens (including phenoxy) is 1. The van der Waals surface area contributed by atoms with Crippen molar-refractivity contribution in [1.29, 1.82) is 0 Å². The molecule has 0 atom stereocenters. The van der Waals surface area contributed by atoms with E-state index in [1.165, 1.54) is 12.1 Å². The third-order valence-electron chi connectivity index (χ3n) is 1.90. The topological polar surface area (TPSA) is 58.6 Å². The summed E-state index contributed by atoms with van der Waals surface area (Å²) in [5.41, 5.74) is 0.0549. The van der Waals surface area contributed by atoms with Crippen LogP contribution in [-0.2, 0) is 9.53 Å². The van der Waals surface area contributed by atoms with Crippen molar-refractivity contribution in [3.8, 4) is 5.75 Å². The third-order valence-corrected chi connectivity index (χ3v) is 1.90. The van der Waals surface area contributed by atoms with Gasteiger partial charge in [-0.3, -0.25) is 4.79 Å². The van der Waals surface area contributed by atoms with E-state index in [1.807, 2.05) is 6.92 Å². The molecule has 0 aromatic heterocycles. The van der Waals surface area contributed by atoms with Crippen LogP contribution in [0.15, 0.2) is 18.2 Å². The summed E-state index contributed by atoms with van der Waals surface area (Å²) < 4.78 is 18.2. The Morgan fingerprint density at radius 2 is 2.31 bits per heavy atom. The molecule has 0 unspecified atom stereocenters. The highest BCUT2D eigenvalue weighted by Gasteiger charge is 2.07. The van der Waals surface area contributed by atoms with Crippen LogP contribution in [0.3, 0.4) is 0 Å². The number of amides is 1. The molecule has 1 aromatic carbocycles. The van der Waals surface area contributed by atoms with Gasteiger partial charge in [0.05, 0.1) is 18.7 Å². The standard InChI is InChI=1S/C11H14FNO3/c1-2-16-6-5-11(15)13-10-4-3-8(14)7-9(10)12/h3-4,7,14H,2,5-6H2,1H3,(H,13,15). The summed E-state index contributed by atoms with van der Waals surface area (Å²) in [5, 5.41) is 11.4. The van der Waals surface area contributed by atoms with Crippen LogP contribution >= 0.6 is 0 Å². The maximum atomic E-state index is 13.2. The number of phenolic OH excluding ortho intramolecular Hbond substituents is 1. The summed E-state index contributed by atoms with van der Waals surface area (Å²) in [5.74, 6) is -1.16. The monoisotopic (exact) mass is 227 g/mol. The number of nitrogens with one attached hydrogen (secondary N) is 1. The van der Waals surface area contributed by atoms with Crippen LogP contribution in [0.1, 0.15) is 13.3 Å². The number of hydrogen-bond acceptors (Lipinski definition) is 3. The van der Waals surface area contributed by atoms with Gasteiger partial charge < -0.3 is 15.2 Å². The van der Waals surface area contributed by atoms with E-state index in [1.54, 1.807) is 0 Å². The molecule has 88 valence electrons. The van der Waals surface area contributed by atoms with Crippen LogP contribution in [0.4, 0.5) is 10.1 Å². The minimum atomic E-state index is -0.662. The van der Waals surface area contributed by atoms with Gasteiger partial charge in [0.15, 0.2) is 0 Å². The first-order chi connectivity index (χ1) is 7.63. The van der Waals surface area contributed by atoms with E-state index >= 15 is 0 Å². The quantitative estimate of drug-likeness (QED) is 0.596. The molecule has 2 N–H and O–H groups in total. The molecule has 0 saturated carbocycles. The summed E-state index contributed by atoms with van der Waals surface area (Å²) in [6.45, 7) is 2.68. The molecule has 0 aliphatic heterocycles. The Morgan fingerprint density at radius 1 is 1.56 bits per heavy atom. The molecule has 0 saturated heterocycles. The van der Waals surface area contributed by atoms with Gasteiger partial charge in [-0.2, -0.15) is 0 Å². The van der Waals surface area contributed by atoms with E-state index in [4.69, 9.17) is 9.84 Å². The first kappa shape index (κ1) is 12.4. The fourth-order valence-electron chi connectivity index (χ4n) is 1.13. The van der Waals surface area contributed by atoms with E-state index in [-0.39, 0.29) is 23.8 Å². The normalized spacial score (nSPS) is 10.1. The molecule has 4 nitrogen and oxygen atoms in total. The van der Waals surface area contributed by atoms with Crippen molar-refractivity contribution < 1.29 is 19.0 Å². The molecule has 5 heteroatoms. The van der Waals surface area contributed by atoms with Crippen LogP contribution in [0.5, 0.6) is 5.75 Å². The van der Waals surface area contributed by atoms with Crippen molar-refractivity contribution in [1.82, 2.24) is 0 Å². The third kappa shape index (κ3) is 3.86. The van der Waals surface area contributed by atoms with Gasteiger partial charge in [0.1, 0.15) is 11.6 Å². The Kier molecular flexibility index (Phi) is 4.72. The SMILES string of the molecule is CCOCCC(=O)Nc1ccc(O)cc1F. The van der Waals surface area contributed by atoms with Crippen molar-refractivity contribution >= 4 is 11.6 Å². The zero-order valence-corrected chi connectivity index (χ0v) is 9.00. The molecular weight excluding hydrogens is 213 g/mol. The minimum Gasteiger partial charge on any atom is -0.508 e. The van der Waals surface area contributed by atoms with Gasteiger partial charge in [-0.25, -0.2) is 4.39 Å². The van der Waals surface area contributed by atoms with E-state index in [9.17, 15) is 9.18 Å². The van der Waals surface area contributed by atoms with Gasteiger partial charge in [0.2, 0.25) is 5.91 Å². The second-order valence-corrected chi connectivity index (χ2v) is 3.16. The first-order valence-corrected chi connectivity index (χ1v) is 4.99. The fraction of sp³-hybridized carbons (Fsp3) is 0.364. The fourth-order valence-corrected chi connectivity index (χ4v) is 1.13. The molecule has 0 aliphatic rings. The number of carbonyl (C=O) groups is 1. The predicted molar refractivity (Wildman–Crippen MR) is 57.8 cm³/mol. The summed E-state index contributed by atoms with van der Waals surface area (Å²) in [6.07, 6.45) is 0.175. The lowest BCUT2D eigenvalue weighted by Crippen LogP contribution is -2.14. The number of halogens is 1. The van der Waals surface area contributed by atoms with Crippen molar-refractivity contribution in [3.05, 3.63) is 24.0 Å². The van der Waals surface area contributed by atoms with Crippen LogP contribution in [0.25, 0.3) is 0 Å². The van der Waals surface area contributed by atoms with E-state index in [0.717, 1.165) is 6.07 Å². The Bertz CT molecular complexity index is 368. The van der Waals surface area contributed by atoms with Gasteiger partial charge in [-0.1, -0.05) is 0 Å². The maximum absolute atomic E-state index is 13.2. The summed E-state index contributed by atoms with van der Waals surface area (Å²) in [6, 6.07) is 3.56. The van der Waals surface area contributed by atoms with Crippen molar-refractivity contribution in [3.63, 3.8) is 0 Å². The molecular formula is C11H14FNO3. The van der Waals surface area contributed by atoms with Gasteiger partial charge in [-0.15, -0.1) is 0 Å². The molecule has 1 rings (SSSR count). The Hall–Kier alpha value is -1.62. The van der Waals surface area contributed by atoms with E-state index < -0.39 is 5.82 Å². The Morgan fingerprint density at radius 3 is 2.94 bits per heavy atom. The van der Waals surface area contributed by atoms with Crippen LogP contribution in [0.2, 0.25) is 0 Å². The zero-order chi connectivity index (χ0) is 12.0. The molecule has 0 fully saturated rings. The highest BCUT2D eigenvalue weighted by atomic mass is 19.1. The highest BCUT2D eigenvalue weighted by molar-refractivity contribution is 5.90. The molecule has 1 aromatic rings. The van der Waals surface area contributed by atoms with Crippen molar-refractivity contribution in [2.24, 2.45) is 0 Å². The number of anilines is 1. The lowest BCUT2D eigenvalue weighted by atomic mass is 10.2. The maximum Gasteiger partial charge on any atom is 0.226 e. The van der Waals surface area contributed by atoms with E-state index in [0.29, 0.717) is 13.2 Å². The van der Waals surface area contributed by atoms with Crippen molar-refractivity contribution in [2.45, 2.75) is 13.3 Å². The second kappa shape index (κ2) is 6.07. The Balaban J connectivity index is 2.49. The van der Waals surface area contributed by atoms with Crippen molar-refractivity contribution in [2.75, 3.05) is 18.5 Å². The molecule has 0 bridgehead atoms. The zero-order valence-electron chi connectivity index (χ0n) is 9.00. The van der Waals surface area contributed by atoms with Gasteiger partial charge >= 0.3 is 0 Å². The van der Waals surface area contributed by atoms with Crippen LogP contribution in [0, 0.1) is 5.82 Å². The number of phenols is 1. The smallest absolute Gasteiger partial charge is 0.226 e. The molecule has 0 spiro atoms. The molecule has 0 heterocycles. The summed E-state index contributed by atoms with van der Waals surface area (Å²) in [4.78, 5) is 11.3. The van der Waals surface area contributed by atoms with Crippen LogP contribution < -0.4 is 5.32 Å². The average molecular weight is 227 g/mol. The largest absolute Gasteiger partial charge is 0.508 e. The number of carbonyl (C=O) groups excluding carboxylic acids is 1. The predicted octanol–water partition coefficient (Wildman–Crippen LogP) is 1.90. The van der Waals surface area contributed by atoms with Gasteiger partial charge in [-0.05, 0) is 19.1 Å². The van der Waals surface area contributed by atoms with E-state index in [2.05, 4.69) is 5.32 Å². The summed E-state index contributed by atoms with van der Waals surface area (Å²) >= 11 is 0. The highest BCUT2D eigenvalue weighted by Crippen LogP contribution is 2.19. The molecule has 0 radical (unpaired) electrons.